The van der Waals surface area contributed by atoms with Gasteiger partial charge < -0.3 is 15.4 Å². The van der Waals surface area contributed by atoms with E-state index in [9.17, 15) is 4.39 Å². The van der Waals surface area contributed by atoms with Crippen molar-refractivity contribution in [2.45, 2.75) is 50.5 Å². The van der Waals surface area contributed by atoms with Crippen molar-refractivity contribution in [3.05, 3.63) is 41.1 Å². The molecule has 11 heteroatoms. The zero-order chi connectivity index (χ0) is 27.4. The van der Waals surface area contributed by atoms with Crippen molar-refractivity contribution < 1.29 is 13.5 Å². The number of halogens is 3. The molecule has 3 saturated heterocycles. The highest BCUT2D eigenvalue weighted by molar-refractivity contribution is 6.36. The number of rotatable bonds is 5. The average Bonchev–Trinajstić information content (AvgIpc) is 3.55. The lowest BCUT2D eigenvalue weighted by Crippen LogP contribution is -2.43. The van der Waals surface area contributed by atoms with E-state index in [1.807, 2.05) is 0 Å². The Morgan fingerprint density at radius 2 is 1.73 bits per heavy atom. The summed E-state index contributed by atoms with van der Waals surface area (Å²) in [7, 11) is 0. The fourth-order valence-corrected chi connectivity index (χ4v) is 6.99. The van der Waals surface area contributed by atoms with Gasteiger partial charge in [-0.05, 0) is 75.6 Å². The summed E-state index contributed by atoms with van der Waals surface area (Å²) >= 11 is 6.34. The van der Waals surface area contributed by atoms with Gasteiger partial charge in [-0.15, -0.1) is 0 Å². The van der Waals surface area contributed by atoms with Gasteiger partial charge in [0.05, 0.1) is 15.9 Å². The minimum absolute atomic E-state index is 0.00320. The third-order valence-electron chi connectivity index (χ3n) is 8.71. The smallest absolute Gasteiger partial charge is 0.319 e. The number of piperidine rings is 1. The molecule has 1 aromatic carbocycles. The summed E-state index contributed by atoms with van der Waals surface area (Å²) in [6.07, 6.45) is 9.20. The fourth-order valence-electron chi connectivity index (χ4n) is 6.73. The van der Waals surface area contributed by atoms with Gasteiger partial charge in [0.2, 0.25) is 0 Å². The lowest BCUT2D eigenvalue weighted by molar-refractivity contribution is 0.108. The maximum atomic E-state index is 16.5. The molecular formula is C29H30ClF2N7O. The highest BCUT2D eigenvalue weighted by Gasteiger charge is 2.45. The van der Waals surface area contributed by atoms with Crippen molar-refractivity contribution in [3.8, 4) is 17.4 Å². The fraction of sp³-hybridized carbons (Fsp3) is 0.448. The van der Waals surface area contributed by atoms with E-state index < -0.39 is 11.6 Å². The second-order valence-electron chi connectivity index (χ2n) is 11.1. The average molecular weight is 566 g/mol. The van der Waals surface area contributed by atoms with Gasteiger partial charge in [-0.25, -0.2) is 13.8 Å². The summed E-state index contributed by atoms with van der Waals surface area (Å²) in [6, 6.07) is 4.50. The van der Waals surface area contributed by atoms with E-state index in [1.54, 1.807) is 12.3 Å². The second-order valence-corrected chi connectivity index (χ2v) is 11.5. The lowest BCUT2D eigenvalue weighted by Gasteiger charge is -2.32. The number of benzene rings is 1. The van der Waals surface area contributed by atoms with Crippen LogP contribution in [0.3, 0.4) is 0 Å². The lowest BCUT2D eigenvalue weighted by atomic mass is 9.95. The highest BCUT2D eigenvalue weighted by Crippen LogP contribution is 2.40. The highest BCUT2D eigenvalue weighted by atomic mass is 35.5. The number of anilines is 2. The minimum Gasteiger partial charge on any atom is -0.461 e. The number of nitrogen functional groups attached to an aromatic ring is 1. The molecule has 0 radical (unpaired) electrons. The molecule has 0 amide bonds. The molecule has 40 heavy (non-hydrogen) atoms. The molecule has 3 aliphatic heterocycles. The topological polar surface area (TPSA) is 93.3 Å². The van der Waals surface area contributed by atoms with Crippen molar-refractivity contribution in [3.63, 3.8) is 0 Å². The molecule has 7 rings (SSSR count). The van der Waals surface area contributed by atoms with E-state index in [0.29, 0.717) is 23.2 Å². The third kappa shape index (κ3) is 4.19. The molecule has 0 spiro atoms. The largest absolute Gasteiger partial charge is 0.461 e. The number of aromatic nitrogens is 4. The van der Waals surface area contributed by atoms with E-state index in [1.165, 1.54) is 12.1 Å². The summed E-state index contributed by atoms with van der Waals surface area (Å²) in [5.74, 6) is -0.589. The monoisotopic (exact) mass is 565 g/mol. The molecule has 208 valence electrons. The summed E-state index contributed by atoms with van der Waals surface area (Å²) < 4.78 is 37.2. The van der Waals surface area contributed by atoms with Crippen LogP contribution in [0, 0.1) is 11.6 Å². The van der Waals surface area contributed by atoms with Crippen LogP contribution in [0.15, 0.2) is 24.4 Å². The predicted molar refractivity (Wildman–Crippen MR) is 152 cm³/mol. The summed E-state index contributed by atoms with van der Waals surface area (Å²) in [5, 5.41) is 1.10. The molecule has 3 aromatic heterocycles. The van der Waals surface area contributed by atoms with Gasteiger partial charge in [0, 0.05) is 24.7 Å². The Hall–Kier alpha value is -3.37. The van der Waals surface area contributed by atoms with Crippen LogP contribution in [0.4, 0.5) is 20.4 Å². The first-order chi connectivity index (χ1) is 19.4. The summed E-state index contributed by atoms with van der Waals surface area (Å²) in [4.78, 5) is 22.8. The Labute approximate surface area is 235 Å². The summed E-state index contributed by atoms with van der Waals surface area (Å²) in [5.41, 5.74) is 6.07. The van der Waals surface area contributed by atoms with Crippen LogP contribution in [0.5, 0.6) is 6.01 Å². The molecule has 0 unspecified atom stereocenters. The Kier molecular flexibility index (Phi) is 6.35. The number of pyridine rings is 2. The third-order valence-corrected chi connectivity index (χ3v) is 9.08. The molecule has 6 heterocycles. The molecule has 0 saturated carbocycles. The van der Waals surface area contributed by atoms with Crippen LogP contribution in [-0.4, -0.2) is 63.2 Å². The zero-order valence-electron chi connectivity index (χ0n) is 22.1. The van der Waals surface area contributed by atoms with Gasteiger partial charge >= 0.3 is 6.01 Å². The minimum atomic E-state index is -0.704. The van der Waals surface area contributed by atoms with Gasteiger partial charge in [-0.3, -0.25) is 9.88 Å². The molecule has 3 fully saturated rings. The Balaban J connectivity index is 1.37. The number of fused-ring (bicyclic) bond motifs is 3. The molecule has 8 nitrogen and oxygen atoms in total. The number of nitrogens with two attached hydrogens (primary N) is 1. The maximum Gasteiger partial charge on any atom is 0.319 e. The SMILES string of the molecule is Nc1cc2ccc(F)c(Cl)c2c(-c2ncc3c(N4CCCCC4)nc(OCC45CCCN4CCC5)nc3c2F)n1. The van der Waals surface area contributed by atoms with Crippen molar-refractivity contribution in [1.29, 1.82) is 0 Å². The van der Waals surface area contributed by atoms with Crippen molar-refractivity contribution in [2.75, 3.05) is 43.4 Å². The Bertz CT molecular complexity index is 1620. The molecule has 4 aromatic rings. The van der Waals surface area contributed by atoms with E-state index in [2.05, 4.69) is 24.8 Å². The van der Waals surface area contributed by atoms with E-state index >= 15 is 4.39 Å². The number of hydrogen-bond acceptors (Lipinski definition) is 8. The van der Waals surface area contributed by atoms with Crippen LogP contribution in [0.2, 0.25) is 5.02 Å². The van der Waals surface area contributed by atoms with E-state index in [0.717, 1.165) is 71.1 Å². The normalized spacial score (nSPS) is 19.0. The van der Waals surface area contributed by atoms with Crippen LogP contribution < -0.4 is 15.4 Å². The standard InChI is InChI=1S/C29H30ClF2N7O/c30-22-19(31)7-6-17-14-20(33)35-25(21(17)22)26-23(32)24-18(15-34-26)27(38-10-2-1-3-11-38)37-28(36-24)40-16-29-8-4-12-39(29)13-5-9-29/h6-7,14-15H,1-5,8-13,16H2,(H2,33,35). The quantitative estimate of drug-likeness (QED) is 0.327. The van der Waals surface area contributed by atoms with Crippen LogP contribution in [0.1, 0.15) is 44.9 Å². The van der Waals surface area contributed by atoms with Gasteiger partial charge in [0.25, 0.3) is 0 Å². The zero-order valence-corrected chi connectivity index (χ0v) is 22.9. The maximum absolute atomic E-state index is 16.5. The van der Waals surface area contributed by atoms with Gasteiger partial charge in [-0.2, -0.15) is 9.97 Å². The van der Waals surface area contributed by atoms with Crippen molar-refractivity contribution >= 4 is 44.9 Å². The Morgan fingerprint density at radius 3 is 2.50 bits per heavy atom. The molecule has 0 aliphatic carbocycles. The number of nitrogens with zero attached hydrogens (tertiary/aromatic N) is 6. The number of hydrogen-bond donors (Lipinski definition) is 1. The van der Waals surface area contributed by atoms with Crippen molar-refractivity contribution in [1.82, 2.24) is 24.8 Å². The molecule has 3 aliphatic rings. The first-order valence-electron chi connectivity index (χ1n) is 14.0. The first-order valence-corrected chi connectivity index (χ1v) is 14.3. The molecular weight excluding hydrogens is 536 g/mol. The van der Waals surface area contributed by atoms with Crippen molar-refractivity contribution in [2.24, 2.45) is 0 Å². The van der Waals surface area contributed by atoms with Crippen LogP contribution in [0.25, 0.3) is 33.1 Å². The second kappa shape index (κ2) is 9.92. The van der Waals surface area contributed by atoms with Gasteiger partial charge in [0.1, 0.15) is 41.0 Å². The first kappa shape index (κ1) is 25.6. The molecule has 0 atom stereocenters. The predicted octanol–water partition coefficient (Wildman–Crippen LogP) is 5.75. The van der Waals surface area contributed by atoms with E-state index in [4.69, 9.17) is 27.1 Å². The van der Waals surface area contributed by atoms with E-state index in [-0.39, 0.29) is 44.7 Å². The van der Waals surface area contributed by atoms with Gasteiger partial charge in [0.15, 0.2) is 5.82 Å². The molecule has 2 N–H and O–H groups in total. The Morgan fingerprint density at radius 1 is 0.950 bits per heavy atom. The van der Waals surface area contributed by atoms with Crippen LogP contribution in [-0.2, 0) is 0 Å². The van der Waals surface area contributed by atoms with Gasteiger partial charge in [-0.1, -0.05) is 17.7 Å². The summed E-state index contributed by atoms with van der Waals surface area (Å²) in [6.45, 7) is 4.24. The van der Waals surface area contributed by atoms with Crippen LogP contribution >= 0.6 is 11.6 Å². The number of ether oxygens (including phenoxy) is 1. The molecule has 0 bridgehead atoms.